The van der Waals surface area contributed by atoms with E-state index in [9.17, 15) is 55.5 Å². The SMILES string of the molecule is COC1C(CO)OC(OC2C(CO)OC(OC3C(CO)OC(Oc4ccc(CC5NC(=O)C(=O)C5(C)C)cc4)C(O)C3O)C(O)C2O)C(O)C1O. The number of Topliss-reactive ketones (excluding diaryl/α,β-unsaturated/α-hetero) is 1. The zero-order valence-corrected chi connectivity index (χ0v) is 28.1. The van der Waals surface area contributed by atoms with Crippen LogP contribution in [0.4, 0.5) is 0 Å². The number of hydrogen-bond donors (Lipinski definition) is 10. The molecule has 16 atom stereocenters. The first-order valence-corrected chi connectivity index (χ1v) is 16.5. The summed E-state index contributed by atoms with van der Waals surface area (Å²) in [5, 5.41) is 97.2. The predicted octanol–water partition coefficient (Wildman–Crippen LogP) is -5.20. The molecule has 19 nitrogen and oxygen atoms in total. The average molecular weight is 734 g/mol. The smallest absolute Gasteiger partial charge is 0.288 e. The molecule has 0 saturated carbocycles. The highest BCUT2D eigenvalue weighted by atomic mass is 16.8. The lowest BCUT2D eigenvalue weighted by molar-refractivity contribution is -0.377. The molecule has 0 aromatic heterocycles. The van der Waals surface area contributed by atoms with Gasteiger partial charge in [-0.3, -0.25) is 9.59 Å². The number of amides is 1. The van der Waals surface area contributed by atoms with E-state index in [1.807, 2.05) is 0 Å². The quantitative estimate of drug-likeness (QED) is 0.0898. The number of nitrogens with one attached hydrogen (secondary N) is 1. The van der Waals surface area contributed by atoms with E-state index in [-0.39, 0.29) is 5.75 Å². The molecule has 19 heteroatoms. The molecule has 1 aromatic carbocycles. The van der Waals surface area contributed by atoms with Gasteiger partial charge in [0.2, 0.25) is 12.1 Å². The first-order valence-electron chi connectivity index (χ1n) is 16.5. The fourth-order valence-corrected chi connectivity index (χ4v) is 6.65. The van der Waals surface area contributed by atoms with Gasteiger partial charge in [0.1, 0.15) is 79.0 Å². The number of benzene rings is 1. The van der Waals surface area contributed by atoms with Crippen molar-refractivity contribution in [2.45, 2.75) is 118 Å². The number of carbonyl (C=O) groups excluding carboxylic acids is 2. The Kier molecular flexibility index (Phi) is 12.7. The van der Waals surface area contributed by atoms with Crippen molar-refractivity contribution in [3.8, 4) is 5.75 Å². The zero-order valence-electron chi connectivity index (χ0n) is 28.1. The van der Waals surface area contributed by atoms with Gasteiger partial charge in [0.15, 0.2) is 12.6 Å². The number of methoxy groups -OCH3 is 1. The van der Waals surface area contributed by atoms with E-state index in [2.05, 4.69) is 5.32 Å². The second kappa shape index (κ2) is 16.3. The lowest BCUT2D eigenvalue weighted by Crippen LogP contribution is -2.67. The van der Waals surface area contributed by atoms with E-state index in [1.165, 1.54) is 7.11 Å². The van der Waals surface area contributed by atoms with E-state index >= 15 is 0 Å². The van der Waals surface area contributed by atoms with Crippen molar-refractivity contribution in [2.75, 3.05) is 26.9 Å². The molecule has 1 aromatic rings. The Bertz CT molecular complexity index is 1330. The Hall–Kier alpha value is -2.44. The van der Waals surface area contributed by atoms with Gasteiger partial charge >= 0.3 is 0 Å². The fraction of sp³-hybridized carbons (Fsp3) is 0.750. The van der Waals surface area contributed by atoms with Crippen LogP contribution >= 0.6 is 0 Å². The molecule has 0 radical (unpaired) electrons. The molecule has 5 rings (SSSR count). The van der Waals surface area contributed by atoms with Crippen LogP contribution in [-0.4, -0.2) is 183 Å². The molecule has 16 unspecified atom stereocenters. The predicted molar refractivity (Wildman–Crippen MR) is 165 cm³/mol. The largest absolute Gasteiger partial charge is 0.462 e. The van der Waals surface area contributed by atoms with Gasteiger partial charge in [-0.05, 0) is 24.1 Å². The van der Waals surface area contributed by atoms with Crippen LogP contribution in [-0.2, 0) is 44.4 Å². The van der Waals surface area contributed by atoms with E-state index in [4.69, 9.17) is 33.2 Å². The number of aliphatic hydroxyl groups is 9. The first-order chi connectivity index (χ1) is 24.2. The van der Waals surface area contributed by atoms with Crippen LogP contribution in [0.1, 0.15) is 19.4 Å². The van der Waals surface area contributed by atoms with E-state index in [0.29, 0.717) is 6.42 Å². The highest BCUT2D eigenvalue weighted by Crippen LogP contribution is 2.34. The third-order valence-electron chi connectivity index (χ3n) is 9.90. The van der Waals surface area contributed by atoms with Crippen LogP contribution in [0.3, 0.4) is 0 Å². The Balaban J connectivity index is 1.20. The molecule has 4 aliphatic heterocycles. The van der Waals surface area contributed by atoms with Crippen LogP contribution in [0.25, 0.3) is 0 Å². The van der Waals surface area contributed by atoms with Crippen molar-refractivity contribution in [3.63, 3.8) is 0 Å². The van der Waals surface area contributed by atoms with Crippen LogP contribution in [0.15, 0.2) is 24.3 Å². The van der Waals surface area contributed by atoms with Crippen molar-refractivity contribution in [2.24, 2.45) is 5.41 Å². The molecule has 4 fully saturated rings. The van der Waals surface area contributed by atoms with Crippen molar-refractivity contribution in [3.05, 3.63) is 29.8 Å². The molecule has 4 aliphatic rings. The maximum Gasteiger partial charge on any atom is 0.288 e. The summed E-state index contributed by atoms with van der Waals surface area (Å²) < 4.78 is 39.0. The van der Waals surface area contributed by atoms with Gasteiger partial charge in [0.25, 0.3) is 5.91 Å². The average Bonchev–Trinajstić information content (AvgIpc) is 3.31. The highest BCUT2D eigenvalue weighted by molar-refractivity contribution is 6.40. The second-order valence-electron chi connectivity index (χ2n) is 13.6. The summed E-state index contributed by atoms with van der Waals surface area (Å²) in [5.74, 6) is -0.912. The molecule has 288 valence electrons. The van der Waals surface area contributed by atoms with Crippen LogP contribution < -0.4 is 10.1 Å². The maximum atomic E-state index is 12.1. The van der Waals surface area contributed by atoms with Crippen molar-refractivity contribution < 1.29 is 88.7 Å². The Morgan fingerprint density at radius 3 is 1.53 bits per heavy atom. The van der Waals surface area contributed by atoms with Crippen LogP contribution in [0.2, 0.25) is 0 Å². The molecule has 0 bridgehead atoms. The van der Waals surface area contributed by atoms with E-state index < -0.39 is 135 Å². The summed E-state index contributed by atoms with van der Waals surface area (Å²) in [6, 6.07) is 6.07. The molecule has 51 heavy (non-hydrogen) atoms. The van der Waals surface area contributed by atoms with Crippen molar-refractivity contribution in [1.29, 1.82) is 0 Å². The molecular formula is C32H47NO18. The molecule has 0 spiro atoms. The number of ketones is 1. The molecule has 4 saturated heterocycles. The molecular weight excluding hydrogens is 686 g/mol. The van der Waals surface area contributed by atoms with Gasteiger partial charge in [-0.15, -0.1) is 0 Å². The summed E-state index contributed by atoms with van der Waals surface area (Å²) in [6.45, 7) is 1.17. The number of hydrogen-bond acceptors (Lipinski definition) is 18. The normalized spacial score (nSPS) is 42.8. The van der Waals surface area contributed by atoms with Crippen molar-refractivity contribution >= 4 is 11.7 Å². The molecule has 10 N–H and O–H groups in total. The Labute approximate surface area is 292 Å². The summed E-state index contributed by atoms with van der Waals surface area (Å²) in [4.78, 5) is 24.0. The van der Waals surface area contributed by atoms with Gasteiger partial charge in [-0.2, -0.15) is 0 Å². The summed E-state index contributed by atoms with van der Waals surface area (Å²) >= 11 is 0. The van der Waals surface area contributed by atoms with Crippen LogP contribution in [0, 0.1) is 5.41 Å². The topological polar surface area (TPSA) is 293 Å². The lowest BCUT2D eigenvalue weighted by atomic mass is 9.81. The number of rotatable bonds is 12. The first kappa shape index (κ1) is 39.8. The van der Waals surface area contributed by atoms with Crippen molar-refractivity contribution in [1.82, 2.24) is 5.32 Å². The highest BCUT2D eigenvalue weighted by Gasteiger charge is 2.54. The Morgan fingerprint density at radius 1 is 0.667 bits per heavy atom. The zero-order chi connectivity index (χ0) is 37.4. The fourth-order valence-electron chi connectivity index (χ4n) is 6.65. The third-order valence-corrected chi connectivity index (χ3v) is 9.90. The Morgan fingerprint density at radius 2 is 1.10 bits per heavy atom. The van der Waals surface area contributed by atoms with Crippen LogP contribution in [0.5, 0.6) is 5.75 Å². The molecule has 1 amide bonds. The summed E-state index contributed by atoms with van der Waals surface area (Å²) in [6.07, 6.45) is -23.4. The van der Waals surface area contributed by atoms with E-state index in [0.717, 1.165) is 5.56 Å². The maximum absolute atomic E-state index is 12.1. The second-order valence-corrected chi connectivity index (χ2v) is 13.6. The minimum Gasteiger partial charge on any atom is -0.462 e. The van der Waals surface area contributed by atoms with E-state index in [1.54, 1.807) is 38.1 Å². The van der Waals surface area contributed by atoms with Gasteiger partial charge in [-0.1, -0.05) is 26.0 Å². The van der Waals surface area contributed by atoms with Gasteiger partial charge < -0.3 is 84.4 Å². The summed E-state index contributed by atoms with van der Waals surface area (Å²) in [5.41, 5.74) is -0.109. The van der Waals surface area contributed by atoms with Gasteiger partial charge in [-0.25, -0.2) is 0 Å². The monoisotopic (exact) mass is 733 g/mol. The minimum absolute atomic E-state index is 0.213. The molecule has 4 heterocycles. The van der Waals surface area contributed by atoms with Gasteiger partial charge in [0, 0.05) is 13.2 Å². The third kappa shape index (κ3) is 7.93. The minimum atomic E-state index is -1.93. The number of ether oxygens (including phenoxy) is 7. The molecule has 0 aliphatic carbocycles. The lowest BCUT2D eigenvalue weighted by Gasteiger charge is -2.48. The standard InChI is InChI=1S/C32H47NO18/c1-32(2)17(33-28(44)27(32)43)8-12-4-6-13(7-5-12)46-29-22(41)19(38)25(15(10-35)48-29)51-31-23(42)20(39)26(16(11-36)49-31)50-30-21(40)18(37)24(45-3)14(9-34)47-30/h4-7,14-26,29-31,34-42H,8-11H2,1-3H3,(H,33,44). The number of carbonyl (C=O) groups is 2. The summed E-state index contributed by atoms with van der Waals surface area (Å²) in [7, 11) is 1.24. The van der Waals surface area contributed by atoms with Gasteiger partial charge in [0.05, 0.1) is 25.2 Å². The number of aliphatic hydroxyl groups excluding tert-OH is 9.